The molecule has 0 aliphatic heterocycles. The summed E-state index contributed by atoms with van der Waals surface area (Å²) >= 11 is 0. The Kier molecular flexibility index (Phi) is 4.07. The lowest BCUT2D eigenvalue weighted by Gasteiger charge is -2.24. The van der Waals surface area contributed by atoms with Crippen LogP contribution >= 0.6 is 0 Å². The number of amides is 1. The van der Waals surface area contributed by atoms with Gasteiger partial charge in [0, 0.05) is 12.5 Å². The van der Waals surface area contributed by atoms with E-state index in [1.54, 1.807) is 43.3 Å². The topological polar surface area (TPSA) is 92.4 Å². The molecule has 0 saturated heterocycles. The van der Waals surface area contributed by atoms with Crippen LogP contribution in [0.1, 0.15) is 24.6 Å². The largest absolute Gasteiger partial charge is 0.481 e. The van der Waals surface area contributed by atoms with E-state index in [1.807, 2.05) is 0 Å². The van der Waals surface area contributed by atoms with Gasteiger partial charge in [-0.2, -0.15) is 0 Å². The van der Waals surface area contributed by atoms with Crippen LogP contribution in [0, 0.1) is 6.92 Å². The Labute approximate surface area is 121 Å². The van der Waals surface area contributed by atoms with Crippen LogP contribution in [0.5, 0.6) is 0 Å². The molecule has 1 heterocycles. The number of aryl methyl sites for hydroxylation is 1. The lowest BCUT2D eigenvalue weighted by atomic mass is 9.79. The fourth-order valence-corrected chi connectivity index (χ4v) is 2.03. The molecule has 2 N–H and O–H groups in total. The summed E-state index contributed by atoms with van der Waals surface area (Å²) in [6, 6.07) is 10.2. The number of anilines is 1. The number of carboxylic acids is 1. The summed E-state index contributed by atoms with van der Waals surface area (Å²) in [7, 11) is 0. The van der Waals surface area contributed by atoms with Crippen molar-refractivity contribution in [1.82, 2.24) is 5.16 Å². The molecule has 0 aliphatic rings. The molecule has 1 atom stereocenters. The van der Waals surface area contributed by atoms with E-state index in [0.29, 0.717) is 11.3 Å². The van der Waals surface area contributed by atoms with Crippen molar-refractivity contribution in [2.75, 3.05) is 5.32 Å². The third-order valence-corrected chi connectivity index (χ3v) is 3.29. The maximum Gasteiger partial charge on any atom is 0.314 e. The first-order valence-corrected chi connectivity index (χ1v) is 6.44. The second kappa shape index (κ2) is 5.78. The van der Waals surface area contributed by atoms with Gasteiger partial charge in [0.1, 0.15) is 0 Å². The van der Waals surface area contributed by atoms with E-state index in [0.717, 1.165) is 0 Å². The highest BCUT2D eigenvalue weighted by Gasteiger charge is 2.37. The molecular weight excluding hydrogens is 272 g/mol. The second-order valence-corrected chi connectivity index (χ2v) is 5.06. The van der Waals surface area contributed by atoms with Gasteiger partial charge in [-0.05, 0) is 19.4 Å². The van der Waals surface area contributed by atoms with Gasteiger partial charge in [-0.15, -0.1) is 0 Å². The Bertz CT molecular complexity index is 651. The van der Waals surface area contributed by atoms with E-state index in [1.165, 1.54) is 6.92 Å². The minimum Gasteiger partial charge on any atom is -0.481 e. The van der Waals surface area contributed by atoms with Crippen LogP contribution in [-0.4, -0.2) is 22.1 Å². The van der Waals surface area contributed by atoms with E-state index < -0.39 is 17.3 Å². The molecule has 1 aromatic carbocycles. The lowest BCUT2D eigenvalue weighted by Crippen LogP contribution is -2.36. The minimum atomic E-state index is -1.31. The van der Waals surface area contributed by atoms with Gasteiger partial charge in [0.2, 0.25) is 11.8 Å². The fraction of sp³-hybridized carbons (Fsp3) is 0.267. The molecular formula is C15H16N2O4. The molecule has 6 nitrogen and oxygen atoms in total. The van der Waals surface area contributed by atoms with Crippen LogP contribution < -0.4 is 5.32 Å². The highest BCUT2D eigenvalue weighted by molar-refractivity contribution is 5.95. The molecule has 0 radical (unpaired) electrons. The Morgan fingerprint density at radius 2 is 2.00 bits per heavy atom. The van der Waals surface area contributed by atoms with Crippen molar-refractivity contribution >= 4 is 17.8 Å². The third-order valence-electron chi connectivity index (χ3n) is 3.29. The Hall–Kier alpha value is -2.63. The van der Waals surface area contributed by atoms with Crippen molar-refractivity contribution in [3.63, 3.8) is 0 Å². The minimum absolute atomic E-state index is 0.202. The number of rotatable bonds is 5. The van der Waals surface area contributed by atoms with Crippen molar-refractivity contribution < 1.29 is 19.2 Å². The molecule has 21 heavy (non-hydrogen) atoms. The van der Waals surface area contributed by atoms with Gasteiger partial charge in [0.05, 0.1) is 11.1 Å². The van der Waals surface area contributed by atoms with Crippen molar-refractivity contribution in [3.05, 3.63) is 47.7 Å². The highest BCUT2D eigenvalue weighted by Crippen LogP contribution is 2.28. The fourth-order valence-electron chi connectivity index (χ4n) is 2.03. The van der Waals surface area contributed by atoms with E-state index in [2.05, 4.69) is 10.5 Å². The van der Waals surface area contributed by atoms with Crippen LogP contribution in [0.2, 0.25) is 0 Å². The number of nitrogens with zero attached hydrogens (tertiary/aromatic N) is 1. The lowest BCUT2D eigenvalue weighted by molar-refractivity contribution is -0.145. The predicted octanol–water partition coefficient (Wildman–Crippen LogP) is 2.35. The van der Waals surface area contributed by atoms with Crippen LogP contribution in [0.15, 0.2) is 40.9 Å². The summed E-state index contributed by atoms with van der Waals surface area (Å²) in [6.45, 7) is 3.25. The first kappa shape index (κ1) is 14.8. The maximum absolute atomic E-state index is 12.1. The SMILES string of the molecule is Cc1cc(NC(=O)CC(C)(C(=O)O)c2ccccc2)on1. The zero-order chi connectivity index (χ0) is 15.5. The van der Waals surface area contributed by atoms with Gasteiger partial charge < -0.3 is 9.63 Å². The second-order valence-electron chi connectivity index (χ2n) is 5.06. The van der Waals surface area contributed by atoms with E-state index >= 15 is 0 Å². The Morgan fingerprint density at radius 3 is 2.52 bits per heavy atom. The number of carbonyl (C=O) groups is 2. The summed E-state index contributed by atoms with van der Waals surface area (Å²) < 4.78 is 4.89. The summed E-state index contributed by atoms with van der Waals surface area (Å²) in [5.41, 5.74) is -0.101. The van der Waals surface area contributed by atoms with Crippen molar-refractivity contribution in [3.8, 4) is 0 Å². The van der Waals surface area contributed by atoms with Crippen LogP contribution in [0.25, 0.3) is 0 Å². The van der Waals surface area contributed by atoms with Crippen LogP contribution in [-0.2, 0) is 15.0 Å². The standard InChI is InChI=1S/C15H16N2O4/c1-10-8-13(21-17-10)16-12(18)9-15(2,14(19)20)11-6-4-3-5-7-11/h3-8H,9H2,1-2H3,(H,16,18)(H,19,20). The molecule has 110 valence electrons. The predicted molar refractivity (Wildman–Crippen MR) is 75.9 cm³/mol. The summed E-state index contributed by atoms with van der Waals surface area (Å²) in [4.78, 5) is 23.7. The normalized spacial score (nSPS) is 13.4. The monoisotopic (exact) mass is 288 g/mol. The number of hydrogen-bond donors (Lipinski definition) is 2. The quantitative estimate of drug-likeness (QED) is 0.881. The molecule has 6 heteroatoms. The number of nitrogens with one attached hydrogen (secondary N) is 1. The van der Waals surface area contributed by atoms with E-state index in [-0.39, 0.29) is 12.3 Å². The molecule has 0 bridgehead atoms. The molecule has 0 spiro atoms. The smallest absolute Gasteiger partial charge is 0.314 e. The number of aromatic nitrogens is 1. The molecule has 1 unspecified atom stereocenters. The molecule has 1 aromatic heterocycles. The Morgan fingerprint density at radius 1 is 1.33 bits per heavy atom. The first-order chi connectivity index (χ1) is 9.91. The zero-order valence-electron chi connectivity index (χ0n) is 11.8. The molecule has 0 saturated carbocycles. The number of hydrogen-bond acceptors (Lipinski definition) is 4. The highest BCUT2D eigenvalue weighted by atomic mass is 16.5. The van der Waals surface area contributed by atoms with Crippen LogP contribution in [0.3, 0.4) is 0 Å². The first-order valence-electron chi connectivity index (χ1n) is 6.44. The third kappa shape index (κ3) is 3.28. The molecule has 0 fully saturated rings. The van der Waals surface area contributed by atoms with E-state index in [9.17, 15) is 14.7 Å². The van der Waals surface area contributed by atoms with E-state index in [4.69, 9.17) is 4.52 Å². The van der Waals surface area contributed by atoms with Gasteiger partial charge in [-0.3, -0.25) is 14.9 Å². The van der Waals surface area contributed by atoms with Gasteiger partial charge in [0.25, 0.3) is 0 Å². The number of carbonyl (C=O) groups excluding carboxylic acids is 1. The molecule has 0 aliphatic carbocycles. The van der Waals surface area contributed by atoms with Crippen molar-refractivity contribution in [2.45, 2.75) is 25.7 Å². The maximum atomic E-state index is 12.1. The van der Waals surface area contributed by atoms with Crippen molar-refractivity contribution in [2.24, 2.45) is 0 Å². The van der Waals surface area contributed by atoms with Gasteiger partial charge in [-0.1, -0.05) is 35.5 Å². The molecule has 1 amide bonds. The number of benzene rings is 1. The summed E-state index contributed by atoms with van der Waals surface area (Å²) in [5.74, 6) is -1.30. The molecule has 2 rings (SSSR count). The number of carboxylic acid groups (broad SMARTS) is 1. The average molecular weight is 288 g/mol. The summed E-state index contributed by atoms with van der Waals surface area (Å²) in [5, 5.41) is 15.7. The van der Waals surface area contributed by atoms with Crippen molar-refractivity contribution in [1.29, 1.82) is 0 Å². The number of aliphatic carboxylic acids is 1. The van der Waals surface area contributed by atoms with Crippen LogP contribution in [0.4, 0.5) is 5.88 Å². The Balaban J connectivity index is 2.17. The molecule has 2 aromatic rings. The van der Waals surface area contributed by atoms with Gasteiger partial charge in [0.15, 0.2) is 0 Å². The zero-order valence-corrected chi connectivity index (χ0v) is 11.8. The van der Waals surface area contributed by atoms with Gasteiger partial charge >= 0.3 is 5.97 Å². The average Bonchev–Trinajstić information content (AvgIpc) is 2.84. The van der Waals surface area contributed by atoms with Gasteiger partial charge in [-0.25, -0.2) is 0 Å². The summed E-state index contributed by atoms with van der Waals surface area (Å²) in [6.07, 6.45) is -0.202.